The lowest BCUT2D eigenvalue weighted by molar-refractivity contribution is 0.0600. The Labute approximate surface area is 142 Å². The van der Waals surface area contributed by atoms with Gasteiger partial charge in [0.15, 0.2) is 9.84 Å². The number of rotatable bonds is 5. The molecule has 0 fully saturated rings. The summed E-state index contributed by atoms with van der Waals surface area (Å²) in [4.78, 5) is 12.9. The average molecular weight is 377 g/mol. The average Bonchev–Trinajstić information content (AvgIpc) is 2.95. The Morgan fingerprint density at radius 1 is 1.43 bits per heavy atom. The first-order valence-corrected chi connectivity index (χ1v) is 9.69. The van der Waals surface area contributed by atoms with Crippen LogP contribution in [0.25, 0.3) is 0 Å². The molecule has 1 heterocycles. The Bertz CT molecular complexity index is 851. The number of sulfone groups is 1. The maximum atomic E-state index is 12.0. The molecule has 0 aliphatic carbocycles. The molecule has 0 spiro atoms. The summed E-state index contributed by atoms with van der Waals surface area (Å²) >= 11 is 7.52. The summed E-state index contributed by atoms with van der Waals surface area (Å²) in [6.45, 7) is -0.0420. The van der Waals surface area contributed by atoms with E-state index in [1.807, 2.05) is 0 Å². The third kappa shape index (κ3) is 3.82. The Balaban J connectivity index is 2.59. The van der Waals surface area contributed by atoms with Crippen molar-refractivity contribution in [2.75, 3.05) is 19.6 Å². The molecule has 0 atom stereocenters. The maximum absolute atomic E-state index is 12.0. The number of thioether (sulfide) groups is 1. The lowest BCUT2D eigenvalue weighted by Gasteiger charge is -2.12. The number of halogens is 1. The van der Waals surface area contributed by atoms with Crippen LogP contribution in [-0.4, -0.2) is 54.2 Å². The third-order valence-corrected chi connectivity index (χ3v) is 5.06. The quantitative estimate of drug-likeness (QED) is 0.567. The number of aromatic nitrogens is 4. The Morgan fingerprint density at radius 2 is 2.13 bits per heavy atom. The molecule has 23 heavy (non-hydrogen) atoms. The Hall–Kier alpha value is -1.65. The summed E-state index contributed by atoms with van der Waals surface area (Å²) in [6.07, 6.45) is 2.84. The van der Waals surface area contributed by atoms with Crippen molar-refractivity contribution in [3.63, 3.8) is 0 Å². The van der Waals surface area contributed by atoms with Crippen LogP contribution in [0.4, 0.5) is 0 Å². The highest BCUT2D eigenvalue weighted by molar-refractivity contribution is 7.98. The highest BCUT2D eigenvalue weighted by Crippen LogP contribution is 2.29. The molecule has 0 radical (unpaired) electrons. The van der Waals surface area contributed by atoms with Crippen LogP contribution < -0.4 is 0 Å². The van der Waals surface area contributed by atoms with Gasteiger partial charge in [-0.2, -0.15) is 4.80 Å². The molecule has 0 amide bonds. The van der Waals surface area contributed by atoms with Crippen molar-refractivity contribution < 1.29 is 17.9 Å². The van der Waals surface area contributed by atoms with Gasteiger partial charge in [0.2, 0.25) is 5.16 Å². The van der Waals surface area contributed by atoms with E-state index in [1.54, 1.807) is 6.26 Å². The van der Waals surface area contributed by atoms with Crippen molar-refractivity contribution in [3.8, 4) is 0 Å². The van der Waals surface area contributed by atoms with Gasteiger partial charge in [-0.15, -0.1) is 10.2 Å². The number of methoxy groups -OCH3 is 1. The van der Waals surface area contributed by atoms with Crippen molar-refractivity contribution in [1.82, 2.24) is 20.2 Å². The molecule has 0 N–H and O–H groups in total. The number of hydrogen-bond donors (Lipinski definition) is 0. The van der Waals surface area contributed by atoms with Crippen molar-refractivity contribution in [2.45, 2.75) is 16.6 Å². The normalized spacial score (nSPS) is 11.5. The van der Waals surface area contributed by atoms with Gasteiger partial charge in [-0.05, 0) is 23.6 Å². The summed E-state index contributed by atoms with van der Waals surface area (Å²) in [5.41, 5.74) is 0.281. The Kier molecular flexibility index (Phi) is 5.27. The fraction of sp³-hybridized carbons (Fsp3) is 0.333. The monoisotopic (exact) mass is 376 g/mol. The first kappa shape index (κ1) is 17.7. The van der Waals surface area contributed by atoms with E-state index in [2.05, 4.69) is 20.1 Å². The molecular weight excluding hydrogens is 364 g/mol. The molecule has 1 aromatic carbocycles. The standard InChI is InChI=1S/C12H13ClN4O4S2/c1-21-11(18)7-4-5-9(23(3,19)20)8(10(7)13)6-17-15-12(22-2)14-16-17/h4-5H,6H2,1-3H3. The van der Waals surface area contributed by atoms with E-state index >= 15 is 0 Å². The molecule has 11 heteroatoms. The van der Waals surface area contributed by atoms with Crippen LogP contribution in [0.15, 0.2) is 22.2 Å². The fourth-order valence-corrected chi connectivity index (χ4v) is 3.47. The summed E-state index contributed by atoms with van der Waals surface area (Å²) in [5, 5.41) is 12.1. The van der Waals surface area contributed by atoms with Crippen LogP contribution in [0, 0.1) is 0 Å². The number of carbonyl (C=O) groups is 1. The van der Waals surface area contributed by atoms with Crippen LogP contribution in [-0.2, 0) is 21.1 Å². The minimum Gasteiger partial charge on any atom is -0.465 e. The van der Waals surface area contributed by atoms with E-state index in [4.69, 9.17) is 11.6 Å². The van der Waals surface area contributed by atoms with E-state index in [0.29, 0.717) is 5.16 Å². The summed E-state index contributed by atoms with van der Waals surface area (Å²) in [6, 6.07) is 2.63. The van der Waals surface area contributed by atoms with E-state index < -0.39 is 15.8 Å². The fourth-order valence-electron chi connectivity index (χ4n) is 1.88. The molecule has 0 bridgehead atoms. The SMILES string of the molecule is COC(=O)c1ccc(S(C)(=O)=O)c(Cn2nnc(SC)n2)c1Cl. The molecular formula is C12H13ClN4O4S2. The predicted octanol–water partition coefficient (Wildman–Crippen LogP) is 1.29. The molecule has 2 aromatic rings. The summed E-state index contributed by atoms with van der Waals surface area (Å²) < 4.78 is 28.6. The number of esters is 1. The number of tetrazole rings is 1. The van der Waals surface area contributed by atoms with E-state index in [-0.39, 0.29) is 27.6 Å². The second-order valence-electron chi connectivity index (χ2n) is 4.47. The smallest absolute Gasteiger partial charge is 0.339 e. The molecule has 0 aliphatic heterocycles. The maximum Gasteiger partial charge on any atom is 0.339 e. The van der Waals surface area contributed by atoms with Crippen molar-refractivity contribution >= 4 is 39.2 Å². The molecule has 0 unspecified atom stereocenters. The van der Waals surface area contributed by atoms with Gasteiger partial charge in [0.1, 0.15) is 0 Å². The van der Waals surface area contributed by atoms with Crippen molar-refractivity contribution in [1.29, 1.82) is 0 Å². The number of carbonyl (C=O) groups excluding carboxylic acids is 1. The van der Waals surface area contributed by atoms with Gasteiger partial charge in [-0.1, -0.05) is 23.4 Å². The van der Waals surface area contributed by atoms with Gasteiger partial charge in [0, 0.05) is 11.8 Å². The lowest BCUT2D eigenvalue weighted by atomic mass is 10.1. The molecule has 2 rings (SSSR count). The topological polar surface area (TPSA) is 104 Å². The molecule has 0 saturated carbocycles. The van der Waals surface area contributed by atoms with Crippen LogP contribution in [0.2, 0.25) is 5.02 Å². The van der Waals surface area contributed by atoms with Gasteiger partial charge in [-0.3, -0.25) is 0 Å². The lowest BCUT2D eigenvalue weighted by Crippen LogP contribution is -2.13. The van der Waals surface area contributed by atoms with Crippen LogP contribution in [0.1, 0.15) is 15.9 Å². The highest BCUT2D eigenvalue weighted by Gasteiger charge is 2.23. The van der Waals surface area contributed by atoms with Crippen LogP contribution in [0.3, 0.4) is 0 Å². The minimum atomic E-state index is -3.56. The second-order valence-corrected chi connectivity index (χ2v) is 7.61. The summed E-state index contributed by atoms with van der Waals surface area (Å²) in [5.74, 6) is -0.660. The highest BCUT2D eigenvalue weighted by atomic mass is 35.5. The second kappa shape index (κ2) is 6.85. The van der Waals surface area contributed by atoms with Gasteiger partial charge >= 0.3 is 5.97 Å². The first-order chi connectivity index (χ1) is 10.8. The van der Waals surface area contributed by atoms with Crippen molar-refractivity contribution in [3.05, 3.63) is 28.3 Å². The van der Waals surface area contributed by atoms with Gasteiger partial charge in [0.05, 0.1) is 29.1 Å². The zero-order valence-electron chi connectivity index (χ0n) is 12.5. The van der Waals surface area contributed by atoms with Crippen LogP contribution in [0.5, 0.6) is 0 Å². The van der Waals surface area contributed by atoms with E-state index in [9.17, 15) is 13.2 Å². The molecule has 0 saturated heterocycles. The zero-order valence-corrected chi connectivity index (χ0v) is 14.9. The zero-order chi connectivity index (χ0) is 17.2. The van der Waals surface area contributed by atoms with Gasteiger partial charge in [0.25, 0.3) is 0 Å². The number of nitrogens with zero attached hydrogens (tertiary/aromatic N) is 4. The predicted molar refractivity (Wildman–Crippen MR) is 84.6 cm³/mol. The largest absolute Gasteiger partial charge is 0.465 e. The van der Waals surface area contributed by atoms with E-state index in [1.165, 1.54) is 35.8 Å². The van der Waals surface area contributed by atoms with Crippen molar-refractivity contribution in [2.24, 2.45) is 0 Å². The van der Waals surface area contributed by atoms with Gasteiger partial charge < -0.3 is 4.74 Å². The van der Waals surface area contributed by atoms with Gasteiger partial charge in [-0.25, -0.2) is 13.2 Å². The number of benzene rings is 1. The van der Waals surface area contributed by atoms with E-state index in [0.717, 1.165) is 6.26 Å². The molecule has 0 aliphatic rings. The van der Waals surface area contributed by atoms with Crippen LogP contribution >= 0.6 is 23.4 Å². The molecule has 1 aromatic heterocycles. The third-order valence-electron chi connectivity index (χ3n) is 2.92. The first-order valence-electron chi connectivity index (χ1n) is 6.19. The number of ether oxygens (including phenoxy) is 1. The Morgan fingerprint density at radius 3 is 2.65 bits per heavy atom. The number of hydrogen-bond acceptors (Lipinski definition) is 8. The minimum absolute atomic E-state index is 0.00171. The molecule has 8 nitrogen and oxygen atoms in total. The molecule has 124 valence electrons. The summed E-state index contributed by atoms with van der Waals surface area (Å²) in [7, 11) is -2.34.